The average molecular weight is 361 g/mol. The molecule has 1 aromatic rings. The summed E-state index contributed by atoms with van der Waals surface area (Å²) in [4.78, 5) is 28.7. The maximum absolute atomic E-state index is 11.8. The van der Waals surface area contributed by atoms with Crippen molar-refractivity contribution in [3.63, 3.8) is 0 Å². The summed E-state index contributed by atoms with van der Waals surface area (Å²) in [6.45, 7) is 6.18. The number of nitrogens with zero attached hydrogens (tertiary/aromatic N) is 5. The first-order valence-corrected chi connectivity index (χ1v) is 9.29. The van der Waals surface area contributed by atoms with Crippen molar-refractivity contribution in [2.75, 3.05) is 38.6 Å². The second kappa shape index (κ2) is 9.94. The number of hydrogen-bond acceptors (Lipinski definition) is 5. The van der Waals surface area contributed by atoms with Gasteiger partial charge in [-0.3, -0.25) is 4.79 Å². The Kier molecular flexibility index (Phi) is 7.62. The second-order valence-corrected chi connectivity index (χ2v) is 6.86. The molecule has 1 saturated heterocycles. The number of guanidine groups is 1. The predicted octanol–water partition coefficient (Wildman–Crippen LogP) is 0.867. The van der Waals surface area contributed by atoms with Crippen LogP contribution in [0.1, 0.15) is 33.1 Å². The van der Waals surface area contributed by atoms with Crippen molar-refractivity contribution >= 4 is 17.8 Å². The van der Waals surface area contributed by atoms with E-state index in [1.54, 1.807) is 31.4 Å². The summed E-state index contributed by atoms with van der Waals surface area (Å²) in [5, 5.41) is 6.87. The van der Waals surface area contributed by atoms with E-state index in [1.807, 2.05) is 6.07 Å². The van der Waals surface area contributed by atoms with Gasteiger partial charge in [0.05, 0.1) is 0 Å². The van der Waals surface area contributed by atoms with Crippen molar-refractivity contribution in [2.45, 2.75) is 45.2 Å². The molecule has 1 atom stereocenters. The van der Waals surface area contributed by atoms with Gasteiger partial charge in [0.1, 0.15) is 6.54 Å². The Balaban J connectivity index is 1.91. The van der Waals surface area contributed by atoms with E-state index >= 15 is 0 Å². The number of piperidine rings is 1. The number of amides is 1. The quantitative estimate of drug-likeness (QED) is 0.578. The van der Waals surface area contributed by atoms with Crippen LogP contribution in [0.3, 0.4) is 0 Å². The number of likely N-dealkylation sites (N-methyl/N-ethyl adjacent to an activating group) is 1. The van der Waals surface area contributed by atoms with Crippen molar-refractivity contribution in [3.8, 4) is 0 Å². The van der Waals surface area contributed by atoms with Crippen LogP contribution < -0.4 is 15.5 Å². The van der Waals surface area contributed by atoms with E-state index in [0.717, 1.165) is 38.3 Å². The molecule has 8 heteroatoms. The summed E-state index contributed by atoms with van der Waals surface area (Å²) in [6, 6.07) is 2.45. The normalized spacial score (nSPS) is 16.9. The van der Waals surface area contributed by atoms with Crippen molar-refractivity contribution in [1.82, 2.24) is 25.5 Å². The molecule has 2 heterocycles. The molecular formula is C18H31N7O. The van der Waals surface area contributed by atoms with Gasteiger partial charge in [-0.15, -0.1) is 0 Å². The van der Waals surface area contributed by atoms with Crippen LogP contribution in [0.5, 0.6) is 0 Å². The minimum absolute atomic E-state index is 0.00806. The minimum Gasteiger partial charge on any atom is -0.354 e. The van der Waals surface area contributed by atoms with E-state index in [2.05, 4.69) is 44.3 Å². The third-order valence-electron chi connectivity index (χ3n) is 4.54. The number of rotatable bonds is 6. The Bertz CT molecular complexity index is 582. The van der Waals surface area contributed by atoms with Crippen molar-refractivity contribution in [2.24, 2.45) is 4.99 Å². The summed E-state index contributed by atoms with van der Waals surface area (Å²) in [5.74, 6) is 1.49. The molecule has 1 aliphatic rings. The SMILES string of the molecule is CCC(C)NC(=NCC(=O)N(C)C)NC1CCN(c2ncccn2)CC1. The number of aromatic nitrogens is 2. The molecule has 144 valence electrons. The van der Waals surface area contributed by atoms with Gasteiger partial charge in [0, 0.05) is 51.7 Å². The molecule has 2 rings (SSSR count). The monoisotopic (exact) mass is 361 g/mol. The Morgan fingerprint density at radius 2 is 2.00 bits per heavy atom. The Hall–Kier alpha value is -2.38. The van der Waals surface area contributed by atoms with Crippen molar-refractivity contribution in [3.05, 3.63) is 18.5 Å². The molecule has 26 heavy (non-hydrogen) atoms. The van der Waals surface area contributed by atoms with Crippen LogP contribution in [0, 0.1) is 0 Å². The van der Waals surface area contributed by atoms with Gasteiger partial charge in [0.25, 0.3) is 0 Å². The molecule has 0 aromatic carbocycles. The summed E-state index contributed by atoms with van der Waals surface area (Å²) in [5.41, 5.74) is 0. The standard InChI is InChI=1S/C18H31N7O/c1-5-14(2)22-17(21-13-16(26)24(3)4)23-15-7-11-25(12-8-15)18-19-9-6-10-20-18/h6,9-10,14-15H,5,7-8,11-13H2,1-4H3,(H2,21,22,23). The summed E-state index contributed by atoms with van der Waals surface area (Å²) >= 11 is 0. The Labute approximate surface area is 156 Å². The van der Waals surface area contributed by atoms with Crippen LogP contribution in [-0.4, -0.2) is 72.5 Å². The maximum atomic E-state index is 11.8. The van der Waals surface area contributed by atoms with E-state index < -0.39 is 0 Å². The van der Waals surface area contributed by atoms with Crippen LogP contribution in [0.25, 0.3) is 0 Å². The predicted molar refractivity (Wildman–Crippen MR) is 104 cm³/mol. The second-order valence-electron chi connectivity index (χ2n) is 6.86. The highest BCUT2D eigenvalue weighted by Crippen LogP contribution is 2.15. The zero-order chi connectivity index (χ0) is 18.9. The van der Waals surface area contributed by atoms with E-state index in [-0.39, 0.29) is 12.5 Å². The lowest BCUT2D eigenvalue weighted by molar-refractivity contribution is -0.127. The van der Waals surface area contributed by atoms with E-state index in [4.69, 9.17) is 0 Å². The van der Waals surface area contributed by atoms with E-state index in [9.17, 15) is 4.79 Å². The summed E-state index contributed by atoms with van der Waals surface area (Å²) in [7, 11) is 3.49. The molecule has 1 amide bonds. The zero-order valence-electron chi connectivity index (χ0n) is 16.3. The number of carbonyl (C=O) groups is 1. The molecule has 0 spiro atoms. The smallest absolute Gasteiger partial charge is 0.243 e. The number of carbonyl (C=O) groups excluding carboxylic acids is 1. The lowest BCUT2D eigenvalue weighted by Crippen LogP contribution is -2.51. The van der Waals surface area contributed by atoms with Gasteiger partial charge in [0.15, 0.2) is 5.96 Å². The van der Waals surface area contributed by atoms with Gasteiger partial charge in [0.2, 0.25) is 11.9 Å². The van der Waals surface area contributed by atoms with Gasteiger partial charge in [-0.25, -0.2) is 15.0 Å². The molecule has 1 fully saturated rings. The first kappa shape index (κ1) is 19.9. The molecule has 0 saturated carbocycles. The summed E-state index contributed by atoms with van der Waals surface area (Å²) in [6.07, 6.45) is 6.48. The first-order chi connectivity index (χ1) is 12.5. The molecule has 1 aromatic heterocycles. The number of hydrogen-bond donors (Lipinski definition) is 2. The minimum atomic E-state index is -0.00806. The maximum Gasteiger partial charge on any atom is 0.243 e. The fraction of sp³-hybridized carbons (Fsp3) is 0.667. The third-order valence-corrected chi connectivity index (χ3v) is 4.54. The molecule has 0 radical (unpaired) electrons. The molecular weight excluding hydrogens is 330 g/mol. The van der Waals surface area contributed by atoms with Crippen LogP contribution in [0.15, 0.2) is 23.5 Å². The number of nitrogens with one attached hydrogen (secondary N) is 2. The van der Waals surface area contributed by atoms with Crippen LogP contribution in [0.2, 0.25) is 0 Å². The van der Waals surface area contributed by atoms with E-state index in [0.29, 0.717) is 18.0 Å². The largest absolute Gasteiger partial charge is 0.354 e. The lowest BCUT2D eigenvalue weighted by atomic mass is 10.1. The molecule has 0 bridgehead atoms. The highest BCUT2D eigenvalue weighted by molar-refractivity contribution is 5.85. The zero-order valence-corrected chi connectivity index (χ0v) is 16.3. The Morgan fingerprint density at radius 3 is 2.58 bits per heavy atom. The van der Waals surface area contributed by atoms with Crippen molar-refractivity contribution in [1.29, 1.82) is 0 Å². The van der Waals surface area contributed by atoms with Gasteiger partial charge >= 0.3 is 0 Å². The molecule has 8 nitrogen and oxygen atoms in total. The van der Waals surface area contributed by atoms with Crippen molar-refractivity contribution < 1.29 is 4.79 Å². The average Bonchev–Trinajstić information content (AvgIpc) is 2.66. The number of aliphatic imine (C=N–C) groups is 1. The van der Waals surface area contributed by atoms with Gasteiger partial charge in [-0.2, -0.15) is 0 Å². The third kappa shape index (κ3) is 6.16. The molecule has 1 unspecified atom stereocenters. The Morgan fingerprint density at radius 1 is 1.35 bits per heavy atom. The topological polar surface area (TPSA) is 85.8 Å². The fourth-order valence-corrected chi connectivity index (χ4v) is 2.63. The van der Waals surface area contributed by atoms with Gasteiger partial charge in [-0.05, 0) is 32.3 Å². The van der Waals surface area contributed by atoms with E-state index in [1.165, 1.54) is 0 Å². The lowest BCUT2D eigenvalue weighted by Gasteiger charge is -2.33. The van der Waals surface area contributed by atoms with Crippen LogP contribution in [0.4, 0.5) is 5.95 Å². The first-order valence-electron chi connectivity index (χ1n) is 9.29. The highest BCUT2D eigenvalue weighted by atomic mass is 16.2. The molecule has 1 aliphatic heterocycles. The summed E-state index contributed by atoms with van der Waals surface area (Å²) < 4.78 is 0. The molecule has 2 N–H and O–H groups in total. The molecule has 0 aliphatic carbocycles. The highest BCUT2D eigenvalue weighted by Gasteiger charge is 2.22. The van der Waals surface area contributed by atoms with Gasteiger partial charge in [-0.1, -0.05) is 6.92 Å². The fourth-order valence-electron chi connectivity index (χ4n) is 2.63. The number of anilines is 1. The van der Waals surface area contributed by atoms with Crippen LogP contribution >= 0.6 is 0 Å². The van der Waals surface area contributed by atoms with Crippen LogP contribution in [-0.2, 0) is 4.79 Å². The van der Waals surface area contributed by atoms with Gasteiger partial charge < -0.3 is 20.4 Å².